The number of nitrogens with one attached hydrogen (secondary N) is 1. The fourth-order valence-electron chi connectivity index (χ4n) is 3.28. The number of hydrogen-bond donors (Lipinski definition) is 1. The van der Waals surface area contributed by atoms with Gasteiger partial charge in [0.05, 0.1) is 17.5 Å². The first-order valence-electron chi connectivity index (χ1n) is 8.89. The van der Waals surface area contributed by atoms with E-state index in [0.29, 0.717) is 24.8 Å². The molecule has 3 aromatic rings. The Bertz CT molecular complexity index is 851. The van der Waals surface area contributed by atoms with Gasteiger partial charge in [-0.15, -0.1) is 5.10 Å². The largest absolute Gasteiger partial charge is 0.355 e. The van der Waals surface area contributed by atoms with Crippen molar-refractivity contribution in [2.75, 3.05) is 12.3 Å². The molecule has 1 fully saturated rings. The maximum Gasteiger partial charge on any atom is 0.230 e. The van der Waals surface area contributed by atoms with E-state index in [1.165, 1.54) is 24.6 Å². The summed E-state index contributed by atoms with van der Waals surface area (Å²) in [6, 6.07) is 6.28. The van der Waals surface area contributed by atoms with Crippen molar-refractivity contribution in [1.82, 2.24) is 34.9 Å². The van der Waals surface area contributed by atoms with Crippen molar-refractivity contribution in [3.05, 3.63) is 36.3 Å². The highest BCUT2D eigenvalue weighted by molar-refractivity contribution is 7.99. The Balaban J connectivity index is 1.24. The van der Waals surface area contributed by atoms with E-state index in [4.69, 9.17) is 0 Å². The second-order valence-corrected chi connectivity index (χ2v) is 7.37. The SMILES string of the molecule is O=C(CSc1nnnn1C1CCCC1)NCCc1cn2ccccc2n1. The molecule has 1 aliphatic rings. The summed E-state index contributed by atoms with van der Waals surface area (Å²) in [5, 5.41) is 15.6. The van der Waals surface area contributed by atoms with E-state index in [1.54, 1.807) is 0 Å². The summed E-state index contributed by atoms with van der Waals surface area (Å²) in [6.07, 6.45) is 9.34. The number of tetrazole rings is 1. The smallest absolute Gasteiger partial charge is 0.230 e. The topological polar surface area (TPSA) is 90.0 Å². The summed E-state index contributed by atoms with van der Waals surface area (Å²) in [4.78, 5) is 16.6. The normalized spacial score (nSPS) is 14.9. The monoisotopic (exact) mass is 371 g/mol. The average Bonchev–Trinajstić information content (AvgIpc) is 3.38. The van der Waals surface area contributed by atoms with Crippen molar-refractivity contribution in [2.24, 2.45) is 0 Å². The van der Waals surface area contributed by atoms with Crippen LogP contribution in [0.5, 0.6) is 0 Å². The van der Waals surface area contributed by atoms with Crippen LogP contribution in [0.1, 0.15) is 37.4 Å². The van der Waals surface area contributed by atoms with Gasteiger partial charge in [0, 0.05) is 25.4 Å². The molecular formula is C17H21N7OS. The van der Waals surface area contributed by atoms with E-state index in [-0.39, 0.29) is 5.91 Å². The number of fused-ring (bicyclic) bond motifs is 1. The van der Waals surface area contributed by atoms with Crippen LogP contribution in [0.4, 0.5) is 0 Å². The summed E-state index contributed by atoms with van der Waals surface area (Å²) in [5.41, 5.74) is 1.89. The van der Waals surface area contributed by atoms with Gasteiger partial charge in [-0.1, -0.05) is 30.7 Å². The van der Waals surface area contributed by atoms with Gasteiger partial charge in [-0.3, -0.25) is 4.79 Å². The van der Waals surface area contributed by atoms with Crippen molar-refractivity contribution in [1.29, 1.82) is 0 Å². The van der Waals surface area contributed by atoms with Crippen molar-refractivity contribution in [3.8, 4) is 0 Å². The zero-order valence-electron chi connectivity index (χ0n) is 14.4. The van der Waals surface area contributed by atoms with Crippen LogP contribution in [0.2, 0.25) is 0 Å². The fourth-order valence-corrected chi connectivity index (χ4v) is 4.05. The predicted octanol–water partition coefficient (Wildman–Crippen LogP) is 1.89. The van der Waals surface area contributed by atoms with Crippen molar-refractivity contribution in [3.63, 3.8) is 0 Å². The lowest BCUT2D eigenvalue weighted by Gasteiger charge is -2.10. The number of carbonyl (C=O) groups excluding carboxylic acids is 1. The van der Waals surface area contributed by atoms with Gasteiger partial charge < -0.3 is 9.72 Å². The first-order valence-corrected chi connectivity index (χ1v) is 9.88. The number of pyridine rings is 1. The molecule has 1 aliphatic carbocycles. The van der Waals surface area contributed by atoms with Crippen molar-refractivity contribution < 1.29 is 4.79 Å². The standard InChI is InChI=1S/C17H21N7OS/c25-16(12-26-17-20-21-22-24(17)14-5-1-2-6-14)18-9-8-13-11-23-10-4-3-7-15(23)19-13/h3-4,7,10-11,14H,1-2,5-6,8-9,12H2,(H,18,25). The number of nitrogens with zero attached hydrogens (tertiary/aromatic N) is 6. The molecule has 3 aromatic heterocycles. The van der Waals surface area contributed by atoms with Gasteiger partial charge >= 0.3 is 0 Å². The number of aromatic nitrogens is 6. The van der Waals surface area contributed by atoms with Crippen LogP contribution in [-0.2, 0) is 11.2 Å². The quantitative estimate of drug-likeness (QED) is 0.638. The molecule has 8 nitrogen and oxygen atoms in total. The lowest BCUT2D eigenvalue weighted by molar-refractivity contribution is -0.118. The molecule has 0 radical (unpaired) electrons. The second-order valence-electron chi connectivity index (χ2n) is 6.43. The molecule has 1 amide bonds. The summed E-state index contributed by atoms with van der Waals surface area (Å²) >= 11 is 1.39. The molecule has 0 aliphatic heterocycles. The Hall–Kier alpha value is -2.42. The van der Waals surface area contributed by atoms with E-state index in [9.17, 15) is 4.79 Å². The minimum Gasteiger partial charge on any atom is -0.355 e. The molecule has 0 bridgehead atoms. The van der Waals surface area contributed by atoms with E-state index in [1.807, 2.05) is 39.7 Å². The van der Waals surface area contributed by atoms with Crippen LogP contribution >= 0.6 is 11.8 Å². The van der Waals surface area contributed by atoms with Crippen molar-refractivity contribution >= 4 is 23.3 Å². The number of rotatable bonds is 7. The maximum absolute atomic E-state index is 12.1. The number of imidazole rings is 1. The predicted molar refractivity (Wildman–Crippen MR) is 98.0 cm³/mol. The van der Waals surface area contributed by atoms with Crippen LogP contribution < -0.4 is 5.32 Å². The Morgan fingerprint density at radius 1 is 1.31 bits per heavy atom. The van der Waals surface area contributed by atoms with Gasteiger partial charge in [0.2, 0.25) is 11.1 Å². The van der Waals surface area contributed by atoms with Crippen LogP contribution in [0.15, 0.2) is 35.7 Å². The van der Waals surface area contributed by atoms with Gasteiger partial charge in [0.15, 0.2) is 0 Å². The molecule has 1 saturated carbocycles. The van der Waals surface area contributed by atoms with Gasteiger partial charge in [-0.2, -0.15) is 0 Å². The fraction of sp³-hybridized carbons (Fsp3) is 0.471. The highest BCUT2D eigenvalue weighted by atomic mass is 32.2. The van der Waals surface area contributed by atoms with Crippen LogP contribution in [0.3, 0.4) is 0 Å². The highest BCUT2D eigenvalue weighted by Gasteiger charge is 2.22. The van der Waals surface area contributed by atoms with Crippen LogP contribution in [0, 0.1) is 0 Å². The third-order valence-electron chi connectivity index (χ3n) is 4.58. The molecule has 0 atom stereocenters. The van der Waals surface area contributed by atoms with Crippen LogP contribution in [0.25, 0.3) is 5.65 Å². The maximum atomic E-state index is 12.1. The van der Waals surface area contributed by atoms with E-state index >= 15 is 0 Å². The summed E-state index contributed by atoms with van der Waals surface area (Å²) in [5.74, 6) is 0.304. The Morgan fingerprint density at radius 2 is 2.19 bits per heavy atom. The van der Waals surface area contributed by atoms with Gasteiger partial charge in [-0.05, 0) is 35.4 Å². The molecular weight excluding hydrogens is 350 g/mol. The van der Waals surface area contributed by atoms with Gasteiger partial charge in [0.1, 0.15) is 5.65 Å². The van der Waals surface area contributed by atoms with E-state index in [2.05, 4.69) is 25.8 Å². The minimum atomic E-state index is -0.0141. The lowest BCUT2D eigenvalue weighted by Crippen LogP contribution is -2.27. The van der Waals surface area contributed by atoms with Crippen LogP contribution in [-0.4, -0.2) is 47.8 Å². The first-order chi connectivity index (χ1) is 12.8. The van der Waals surface area contributed by atoms with Crippen molar-refractivity contribution in [2.45, 2.75) is 43.3 Å². The average molecular weight is 371 g/mol. The number of thioether (sulfide) groups is 1. The summed E-state index contributed by atoms with van der Waals surface area (Å²) < 4.78 is 3.86. The zero-order valence-corrected chi connectivity index (χ0v) is 15.2. The molecule has 0 spiro atoms. The molecule has 1 N–H and O–H groups in total. The summed E-state index contributed by atoms with van der Waals surface area (Å²) in [6.45, 7) is 0.566. The molecule has 4 rings (SSSR count). The summed E-state index contributed by atoms with van der Waals surface area (Å²) in [7, 11) is 0. The Morgan fingerprint density at radius 3 is 3.04 bits per heavy atom. The highest BCUT2D eigenvalue weighted by Crippen LogP contribution is 2.31. The molecule has 0 unspecified atom stereocenters. The molecule has 0 aromatic carbocycles. The second kappa shape index (κ2) is 7.86. The van der Waals surface area contributed by atoms with E-state index in [0.717, 1.165) is 29.3 Å². The molecule has 9 heteroatoms. The third kappa shape index (κ3) is 3.87. The molecule has 26 heavy (non-hydrogen) atoms. The first kappa shape index (κ1) is 17.0. The van der Waals surface area contributed by atoms with Gasteiger partial charge in [-0.25, -0.2) is 9.67 Å². The third-order valence-corrected chi connectivity index (χ3v) is 5.52. The number of amides is 1. The minimum absolute atomic E-state index is 0.0141. The number of hydrogen-bond acceptors (Lipinski definition) is 6. The zero-order chi connectivity index (χ0) is 17.8. The number of carbonyl (C=O) groups is 1. The van der Waals surface area contributed by atoms with Gasteiger partial charge in [0.25, 0.3) is 0 Å². The lowest BCUT2D eigenvalue weighted by atomic mass is 10.3. The van der Waals surface area contributed by atoms with E-state index < -0.39 is 0 Å². The Labute approximate surface area is 155 Å². The molecule has 3 heterocycles. The Kier molecular flexibility index (Phi) is 5.14. The molecule has 136 valence electrons. The molecule has 0 saturated heterocycles.